The van der Waals surface area contributed by atoms with Crippen LogP contribution in [0.15, 0.2) is 24.3 Å². The Morgan fingerprint density at radius 1 is 1.41 bits per heavy atom. The van der Waals surface area contributed by atoms with Gasteiger partial charge in [-0.15, -0.1) is 0 Å². The van der Waals surface area contributed by atoms with Crippen molar-refractivity contribution in [3.8, 4) is 0 Å². The second-order valence-electron chi connectivity index (χ2n) is 3.41. The lowest BCUT2D eigenvalue weighted by molar-refractivity contribution is -0.154. The normalized spacial score (nSPS) is 13.2. The molecule has 0 saturated heterocycles. The molecule has 1 unspecified atom stereocenters. The van der Waals surface area contributed by atoms with Gasteiger partial charge in [0.2, 0.25) is 0 Å². The monoisotopic (exact) mass is 248 g/mol. The van der Waals surface area contributed by atoms with Crippen molar-refractivity contribution >= 4 is 5.97 Å². The number of aliphatic hydroxyl groups excluding tert-OH is 1. The van der Waals surface area contributed by atoms with Gasteiger partial charge in [-0.05, 0) is 11.6 Å². The van der Waals surface area contributed by atoms with Crippen LogP contribution in [-0.2, 0) is 4.74 Å². The molecule has 0 bridgehead atoms. The van der Waals surface area contributed by atoms with Crippen LogP contribution >= 0.6 is 0 Å². The van der Waals surface area contributed by atoms with Crippen molar-refractivity contribution in [2.24, 2.45) is 0 Å². The van der Waals surface area contributed by atoms with Gasteiger partial charge < -0.3 is 9.84 Å². The van der Waals surface area contributed by atoms with Gasteiger partial charge in [0, 0.05) is 0 Å². The summed E-state index contributed by atoms with van der Waals surface area (Å²) < 4.78 is 40.8. The van der Waals surface area contributed by atoms with Crippen molar-refractivity contribution in [3.05, 3.63) is 35.4 Å². The summed E-state index contributed by atoms with van der Waals surface area (Å²) in [5, 5.41) is 9.45. The standard InChI is InChI=1S/C11H11F3O3/c1-17-10(16)8-5-3-2-4-7(8)9(15)6-11(12,13)14/h2-5,9,15H,6H2,1H3. The fourth-order valence-corrected chi connectivity index (χ4v) is 1.41. The maximum absolute atomic E-state index is 12.1. The van der Waals surface area contributed by atoms with Crippen LogP contribution in [0.5, 0.6) is 0 Å². The highest BCUT2D eigenvalue weighted by molar-refractivity contribution is 5.91. The highest BCUT2D eigenvalue weighted by Crippen LogP contribution is 2.30. The molecule has 0 aliphatic heterocycles. The summed E-state index contributed by atoms with van der Waals surface area (Å²) in [5.74, 6) is -0.776. The van der Waals surface area contributed by atoms with E-state index in [0.717, 1.165) is 7.11 Å². The van der Waals surface area contributed by atoms with Crippen LogP contribution in [0.1, 0.15) is 28.4 Å². The van der Waals surface area contributed by atoms with E-state index >= 15 is 0 Å². The Morgan fingerprint density at radius 2 is 2.00 bits per heavy atom. The Balaban J connectivity index is 3.01. The van der Waals surface area contributed by atoms with Gasteiger partial charge >= 0.3 is 12.1 Å². The fourth-order valence-electron chi connectivity index (χ4n) is 1.41. The van der Waals surface area contributed by atoms with E-state index in [-0.39, 0.29) is 11.1 Å². The number of ether oxygens (including phenoxy) is 1. The van der Waals surface area contributed by atoms with Crippen molar-refractivity contribution < 1.29 is 27.8 Å². The van der Waals surface area contributed by atoms with Gasteiger partial charge in [0.05, 0.1) is 25.2 Å². The van der Waals surface area contributed by atoms with Crippen molar-refractivity contribution in [1.29, 1.82) is 0 Å². The van der Waals surface area contributed by atoms with Crippen LogP contribution in [0.4, 0.5) is 13.2 Å². The molecule has 0 radical (unpaired) electrons. The number of methoxy groups -OCH3 is 1. The lowest BCUT2D eigenvalue weighted by Gasteiger charge is -2.15. The van der Waals surface area contributed by atoms with E-state index in [4.69, 9.17) is 0 Å². The predicted molar refractivity (Wildman–Crippen MR) is 53.4 cm³/mol. The van der Waals surface area contributed by atoms with E-state index in [0.29, 0.717) is 0 Å². The average Bonchev–Trinajstić information content (AvgIpc) is 2.25. The third kappa shape index (κ3) is 3.74. The van der Waals surface area contributed by atoms with E-state index in [1.807, 2.05) is 0 Å². The maximum Gasteiger partial charge on any atom is 0.391 e. The quantitative estimate of drug-likeness (QED) is 0.836. The maximum atomic E-state index is 12.1. The first kappa shape index (κ1) is 13.5. The molecule has 1 atom stereocenters. The number of esters is 1. The molecule has 17 heavy (non-hydrogen) atoms. The van der Waals surface area contributed by atoms with Crippen molar-refractivity contribution in [2.45, 2.75) is 18.7 Å². The number of hydrogen-bond acceptors (Lipinski definition) is 3. The zero-order valence-electron chi connectivity index (χ0n) is 8.99. The van der Waals surface area contributed by atoms with E-state index in [9.17, 15) is 23.1 Å². The second kappa shape index (κ2) is 5.18. The van der Waals surface area contributed by atoms with Crippen molar-refractivity contribution in [1.82, 2.24) is 0 Å². The summed E-state index contributed by atoms with van der Waals surface area (Å²) in [6, 6.07) is 5.50. The smallest absolute Gasteiger partial charge is 0.391 e. The number of hydrogen-bond donors (Lipinski definition) is 1. The summed E-state index contributed by atoms with van der Waals surface area (Å²) in [6.45, 7) is 0. The zero-order valence-corrected chi connectivity index (χ0v) is 8.99. The van der Waals surface area contributed by atoms with Crippen LogP contribution in [0.3, 0.4) is 0 Å². The number of benzene rings is 1. The van der Waals surface area contributed by atoms with E-state index in [1.165, 1.54) is 24.3 Å². The SMILES string of the molecule is COC(=O)c1ccccc1C(O)CC(F)(F)F. The molecule has 1 N–H and O–H groups in total. The largest absolute Gasteiger partial charge is 0.465 e. The molecule has 0 aliphatic carbocycles. The lowest BCUT2D eigenvalue weighted by atomic mass is 10.00. The van der Waals surface area contributed by atoms with E-state index < -0.39 is 24.7 Å². The minimum Gasteiger partial charge on any atom is -0.465 e. The molecule has 3 nitrogen and oxygen atoms in total. The van der Waals surface area contributed by atoms with Gasteiger partial charge in [-0.2, -0.15) is 13.2 Å². The first-order valence-corrected chi connectivity index (χ1v) is 4.77. The molecule has 1 aromatic rings. The number of alkyl halides is 3. The number of aliphatic hydroxyl groups is 1. The Kier molecular flexibility index (Phi) is 4.11. The zero-order chi connectivity index (χ0) is 13.1. The topological polar surface area (TPSA) is 46.5 Å². The van der Waals surface area contributed by atoms with Gasteiger partial charge in [0.1, 0.15) is 0 Å². The average molecular weight is 248 g/mol. The van der Waals surface area contributed by atoms with Crippen LogP contribution in [0.25, 0.3) is 0 Å². The van der Waals surface area contributed by atoms with Crippen LogP contribution in [0, 0.1) is 0 Å². The number of carbonyl (C=O) groups is 1. The second-order valence-corrected chi connectivity index (χ2v) is 3.41. The Labute approximate surface area is 95.8 Å². The summed E-state index contributed by atoms with van der Waals surface area (Å²) in [7, 11) is 1.12. The summed E-state index contributed by atoms with van der Waals surface area (Å²) >= 11 is 0. The molecule has 0 amide bonds. The fraction of sp³-hybridized carbons (Fsp3) is 0.364. The predicted octanol–water partition coefficient (Wildman–Crippen LogP) is 2.46. The van der Waals surface area contributed by atoms with Gasteiger partial charge in [-0.3, -0.25) is 0 Å². The first-order chi connectivity index (χ1) is 7.85. The Hall–Kier alpha value is -1.56. The van der Waals surface area contributed by atoms with Gasteiger partial charge in [-0.25, -0.2) is 4.79 Å². The van der Waals surface area contributed by atoms with Crippen molar-refractivity contribution in [3.63, 3.8) is 0 Å². The Bertz CT molecular complexity index is 401. The minimum absolute atomic E-state index is 0.0632. The van der Waals surface area contributed by atoms with E-state index in [2.05, 4.69) is 4.74 Å². The molecule has 1 aromatic carbocycles. The van der Waals surface area contributed by atoms with Gasteiger partial charge in [-0.1, -0.05) is 18.2 Å². The lowest BCUT2D eigenvalue weighted by Crippen LogP contribution is -2.16. The van der Waals surface area contributed by atoms with Crippen LogP contribution in [0.2, 0.25) is 0 Å². The first-order valence-electron chi connectivity index (χ1n) is 4.77. The molecule has 0 aliphatic rings. The molecule has 0 heterocycles. The Morgan fingerprint density at radius 3 is 2.53 bits per heavy atom. The van der Waals surface area contributed by atoms with Crippen molar-refractivity contribution in [2.75, 3.05) is 7.11 Å². The molecule has 0 aromatic heterocycles. The molecule has 0 saturated carbocycles. The third-order valence-corrected chi connectivity index (χ3v) is 2.15. The highest BCUT2D eigenvalue weighted by Gasteiger charge is 2.33. The highest BCUT2D eigenvalue weighted by atomic mass is 19.4. The number of carbonyl (C=O) groups excluding carboxylic acids is 1. The molecule has 0 fully saturated rings. The summed E-state index contributed by atoms with van der Waals surface area (Å²) in [4.78, 5) is 11.3. The van der Waals surface area contributed by atoms with Gasteiger partial charge in [0.15, 0.2) is 0 Å². The third-order valence-electron chi connectivity index (χ3n) is 2.15. The molecule has 1 rings (SSSR count). The summed E-state index contributed by atoms with van der Waals surface area (Å²) in [6.07, 6.45) is -7.67. The molecule has 94 valence electrons. The van der Waals surface area contributed by atoms with Gasteiger partial charge in [0.25, 0.3) is 0 Å². The molecular weight excluding hydrogens is 237 g/mol. The molecular formula is C11H11F3O3. The van der Waals surface area contributed by atoms with Crippen LogP contribution < -0.4 is 0 Å². The number of halogens is 3. The molecule has 6 heteroatoms. The van der Waals surface area contributed by atoms with Crippen LogP contribution in [-0.4, -0.2) is 24.4 Å². The number of rotatable bonds is 3. The molecule has 0 spiro atoms. The summed E-state index contributed by atoms with van der Waals surface area (Å²) in [5.41, 5.74) is -0.150. The minimum atomic E-state index is -4.50. The van der Waals surface area contributed by atoms with E-state index in [1.54, 1.807) is 0 Å².